The normalized spacial score (nSPS) is 9.93. The van der Waals surface area contributed by atoms with Gasteiger partial charge in [0.1, 0.15) is 5.69 Å². The lowest BCUT2D eigenvalue weighted by Gasteiger charge is -2.07. The first-order valence-electron chi connectivity index (χ1n) is 4.87. The second kappa shape index (κ2) is 4.50. The Kier molecular flexibility index (Phi) is 2.88. The summed E-state index contributed by atoms with van der Waals surface area (Å²) in [7, 11) is 0. The largest absolute Gasteiger partial charge is 0.369 e. The van der Waals surface area contributed by atoms with Crippen LogP contribution < -0.4 is 5.32 Å². The van der Waals surface area contributed by atoms with Crippen molar-refractivity contribution in [2.24, 2.45) is 0 Å². The monoisotopic (exact) mass is 200 g/mol. The Morgan fingerprint density at radius 1 is 1.20 bits per heavy atom. The van der Waals surface area contributed by atoms with Crippen LogP contribution in [0.4, 0.5) is 5.82 Å². The SMILES string of the molecule is CCNc1nccnc1-c1cccnc1. The third kappa shape index (κ3) is 2.10. The molecule has 0 saturated heterocycles. The first-order valence-corrected chi connectivity index (χ1v) is 4.87. The van der Waals surface area contributed by atoms with Gasteiger partial charge in [0, 0.05) is 36.9 Å². The molecule has 4 heteroatoms. The van der Waals surface area contributed by atoms with Crippen LogP contribution in [0.2, 0.25) is 0 Å². The average molecular weight is 200 g/mol. The fraction of sp³-hybridized carbons (Fsp3) is 0.182. The quantitative estimate of drug-likeness (QED) is 0.823. The first kappa shape index (κ1) is 9.58. The molecule has 0 aliphatic heterocycles. The van der Waals surface area contributed by atoms with E-state index in [4.69, 9.17) is 0 Å². The molecule has 0 aliphatic carbocycles. The van der Waals surface area contributed by atoms with Crippen molar-refractivity contribution in [1.82, 2.24) is 15.0 Å². The van der Waals surface area contributed by atoms with Crippen molar-refractivity contribution in [1.29, 1.82) is 0 Å². The van der Waals surface area contributed by atoms with Gasteiger partial charge in [0.05, 0.1) is 0 Å². The van der Waals surface area contributed by atoms with E-state index in [9.17, 15) is 0 Å². The predicted molar refractivity (Wildman–Crippen MR) is 59.4 cm³/mol. The lowest BCUT2D eigenvalue weighted by atomic mass is 10.2. The van der Waals surface area contributed by atoms with Gasteiger partial charge in [-0.3, -0.25) is 9.97 Å². The van der Waals surface area contributed by atoms with Crippen LogP contribution in [0.3, 0.4) is 0 Å². The molecule has 2 heterocycles. The van der Waals surface area contributed by atoms with E-state index in [0.717, 1.165) is 23.6 Å². The molecule has 76 valence electrons. The molecule has 0 spiro atoms. The van der Waals surface area contributed by atoms with E-state index in [-0.39, 0.29) is 0 Å². The van der Waals surface area contributed by atoms with E-state index in [1.54, 1.807) is 24.8 Å². The van der Waals surface area contributed by atoms with Crippen molar-refractivity contribution in [3.8, 4) is 11.3 Å². The zero-order chi connectivity index (χ0) is 10.5. The summed E-state index contributed by atoms with van der Waals surface area (Å²) in [6, 6.07) is 3.86. The standard InChI is InChI=1S/C11H12N4/c1-2-13-11-10(14-6-7-15-11)9-4-3-5-12-8-9/h3-8H,2H2,1H3,(H,13,15). The summed E-state index contributed by atoms with van der Waals surface area (Å²) in [5.74, 6) is 0.799. The molecule has 0 bridgehead atoms. The minimum absolute atomic E-state index is 0.799. The average Bonchev–Trinajstić information content (AvgIpc) is 2.31. The molecule has 0 aromatic carbocycles. The number of nitrogens with zero attached hydrogens (tertiary/aromatic N) is 3. The smallest absolute Gasteiger partial charge is 0.152 e. The minimum Gasteiger partial charge on any atom is -0.369 e. The Morgan fingerprint density at radius 3 is 2.80 bits per heavy atom. The van der Waals surface area contributed by atoms with Gasteiger partial charge in [-0.2, -0.15) is 0 Å². The molecule has 0 fully saturated rings. The van der Waals surface area contributed by atoms with Gasteiger partial charge in [-0.05, 0) is 19.1 Å². The predicted octanol–water partition coefficient (Wildman–Crippen LogP) is 1.97. The molecule has 0 radical (unpaired) electrons. The van der Waals surface area contributed by atoms with E-state index in [1.807, 2.05) is 19.1 Å². The number of hydrogen-bond acceptors (Lipinski definition) is 4. The topological polar surface area (TPSA) is 50.7 Å². The summed E-state index contributed by atoms with van der Waals surface area (Å²) in [6.45, 7) is 2.85. The fourth-order valence-electron chi connectivity index (χ4n) is 1.35. The number of pyridine rings is 1. The minimum atomic E-state index is 0.799. The maximum atomic E-state index is 4.30. The molecule has 0 amide bonds. The number of hydrogen-bond donors (Lipinski definition) is 1. The van der Waals surface area contributed by atoms with Gasteiger partial charge in [0.25, 0.3) is 0 Å². The van der Waals surface area contributed by atoms with Crippen LogP contribution >= 0.6 is 0 Å². The van der Waals surface area contributed by atoms with Crippen molar-refractivity contribution in [2.45, 2.75) is 6.92 Å². The highest BCUT2D eigenvalue weighted by Crippen LogP contribution is 2.21. The molecule has 1 N–H and O–H groups in total. The Hall–Kier alpha value is -1.97. The highest BCUT2D eigenvalue weighted by Gasteiger charge is 2.05. The second-order valence-electron chi connectivity index (χ2n) is 3.03. The highest BCUT2D eigenvalue weighted by molar-refractivity contribution is 5.70. The Balaban J connectivity index is 2.43. The lowest BCUT2D eigenvalue weighted by Crippen LogP contribution is -2.02. The van der Waals surface area contributed by atoms with E-state index in [2.05, 4.69) is 20.3 Å². The second-order valence-corrected chi connectivity index (χ2v) is 3.03. The summed E-state index contributed by atoms with van der Waals surface area (Å²) >= 11 is 0. The zero-order valence-corrected chi connectivity index (χ0v) is 8.51. The zero-order valence-electron chi connectivity index (χ0n) is 8.51. The molecule has 0 atom stereocenters. The molecule has 2 aromatic rings. The number of nitrogens with one attached hydrogen (secondary N) is 1. The highest BCUT2D eigenvalue weighted by atomic mass is 15.0. The molecule has 2 rings (SSSR count). The van der Waals surface area contributed by atoms with Gasteiger partial charge in [-0.1, -0.05) is 0 Å². The third-order valence-corrected chi connectivity index (χ3v) is 1.98. The molecule has 0 aliphatic rings. The number of rotatable bonds is 3. The summed E-state index contributed by atoms with van der Waals surface area (Å²) in [6.07, 6.45) is 6.89. The van der Waals surface area contributed by atoms with Crippen molar-refractivity contribution in [3.05, 3.63) is 36.9 Å². The number of anilines is 1. The molecule has 4 nitrogen and oxygen atoms in total. The van der Waals surface area contributed by atoms with Gasteiger partial charge >= 0.3 is 0 Å². The maximum Gasteiger partial charge on any atom is 0.152 e. The van der Waals surface area contributed by atoms with Gasteiger partial charge in [0.15, 0.2) is 5.82 Å². The molecule has 2 aromatic heterocycles. The van der Waals surface area contributed by atoms with Crippen molar-refractivity contribution in [3.63, 3.8) is 0 Å². The fourth-order valence-corrected chi connectivity index (χ4v) is 1.35. The van der Waals surface area contributed by atoms with E-state index < -0.39 is 0 Å². The third-order valence-electron chi connectivity index (χ3n) is 1.98. The van der Waals surface area contributed by atoms with Crippen LogP contribution in [0.5, 0.6) is 0 Å². The van der Waals surface area contributed by atoms with Crippen LogP contribution in [0, 0.1) is 0 Å². The van der Waals surface area contributed by atoms with Crippen molar-refractivity contribution < 1.29 is 0 Å². The van der Waals surface area contributed by atoms with Crippen molar-refractivity contribution >= 4 is 5.82 Å². The van der Waals surface area contributed by atoms with Crippen molar-refractivity contribution in [2.75, 3.05) is 11.9 Å². The van der Waals surface area contributed by atoms with E-state index >= 15 is 0 Å². The molecule has 0 unspecified atom stereocenters. The summed E-state index contributed by atoms with van der Waals surface area (Å²) in [5.41, 5.74) is 1.81. The van der Waals surface area contributed by atoms with Crippen LogP contribution in [0.25, 0.3) is 11.3 Å². The van der Waals surface area contributed by atoms with Gasteiger partial charge in [0.2, 0.25) is 0 Å². The van der Waals surface area contributed by atoms with E-state index in [1.165, 1.54) is 0 Å². The van der Waals surface area contributed by atoms with Crippen LogP contribution in [0.1, 0.15) is 6.92 Å². The Labute approximate surface area is 88.4 Å². The summed E-state index contributed by atoms with van der Waals surface area (Å²) in [4.78, 5) is 12.6. The summed E-state index contributed by atoms with van der Waals surface area (Å²) < 4.78 is 0. The Morgan fingerprint density at radius 2 is 2.07 bits per heavy atom. The summed E-state index contributed by atoms with van der Waals surface area (Å²) in [5, 5.41) is 3.17. The van der Waals surface area contributed by atoms with Gasteiger partial charge in [-0.15, -0.1) is 0 Å². The molecular weight excluding hydrogens is 188 g/mol. The first-order chi connectivity index (χ1) is 7.42. The number of aromatic nitrogens is 3. The van der Waals surface area contributed by atoms with E-state index in [0.29, 0.717) is 0 Å². The van der Waals surface area contributed by atoms with Crippen LogP contribution in [-0.2, 0) is 0 Å². The molecule has 15 heavy (non-hydrogen) atoms. The van der Waals surface area contributed by atoms with Gasteiger partial charge in [-0.25, -0.2) is 4.98 Å². The van der Waals surface area contributed by atoms with Gasteiger partial charge < -0.3 is 5.32 Å². The Bertz CT molecular complexity index is 428. The lowest BCUT2D eigenvalue weighted by molar-refractivity contribution is 1.12. The maximum absolute atomic E-state index is 4.30. The van der Waals surface area contributed by atoms with Crippen LogP contribution in [-0.4, -0.2) is 21.5 Å². The molecule has 0 saturated carbocycles. The van der Waals surface area contributed by atoms with Crippen LogP contribution in [0.15, 0.2) is 36.9 Å². The molecular formula is C11H12N4.